The number of ether oxygens (including phenoxy) is 1. The van der Waals surface area contributed by atoms with Crippen molar-refractivity contribution in [3.63, 3.8) is 0 Å². The molecule has 0 bridgehead atoms. The zero-order valence-electron chi connectivity index (χ0n) is 13.4. The van der Waals surface area contributed by atoms with Crippen LogP contribution in [0.4, 0.5) is 0 Å². The molecular weight excluding hydrogens is 300 g/mol. The summed E-state index contributed by atoms with van der Waals surface area (Å²) in [7, 11) is 0. The minimum absolute atomic E-state index is 0.112. The summed E-state index contributed by atoms with van der Waals surface area (Å²) in [6.45, 7) is 9.51. The second-order valence-electron chi connectivity index (χ2n) is 6.69. The van der Waals surface area contributed by atoms with E-state index in [4.69, 9.17) is 10.3 Å². The molecule has 22 heavy (non-hydrogen) atoms. The predicted octanol–water partition coefficient (Wildman–Crippen LogP) is 4.53. The lowest BCUT2D eigenvalue weighted by atomic mass is 9.91. The second kappa shape index (κ2) is 5.76. The molecule has 0 aliphatic rings. The SMILES string of the molecule is CC(C)(C)O[C@H](c1cccc2[nH]c(=O)sc12)C(C)(C)N=[N+]=[N-]. The maximum absolute atomic E-state index is 11.7. The first-order valence-corrected chi connectivity index (χ1v) is 7.81. The third-order valence-corrected chi connectivity index (χ3v) is 4.12. The molecule has 1 atom stereocenters. The van der Waals surface area contributed by atoms with Crippen LogP contribution in [0.3, 0.4) is 0 Å². The van der Waals surface area contributed by atoms with Crippen LogP contribution in [-0.4, -0.2) is 16.1 Å². The van der Waals surface area contributed by atoms with Gasteiger partial charge >= 0.3 is 4.87 Å². The van der Waals surface area contributed by atoms with Gasteiger partial charge in [0, 0.05) is 10.5 Å². The van der Waals surface area contributed by atoms with E-state index in [9.17, 15) is 4.79 Å². The molecule has 1 heterocycles. The quantitative estimate of drug-likeness (QED) is 0.509. The van der Waals surface area contributed by atoms with E-state index in [1.165, 1.54) is 0 Å². The normalized spacial score (nSPS) is 13.9. The van der Waals surface area contributed by atoms with Crippen molar-refractivity contribution in [2.45, 2.75) is 51.9 Å². The smallest absolute Gasteiger partial charge is 0.305 e. The summed E-state index contributed by atoms with van der Waals surface area (Å²) >= 11 is 1.14. The number of aromatic amines is 1. The van der Waals surface area contributed by atoms with Crippen molar-refractivity contribution in [2.24, 2.45) is 5.11 Å². The highest BCUT2D eigenvalue weighted by Gasteiger charge is 2.35. The number of H-pyrrole nitrogens is 1. The molecule has 0 saturated heterocycles. The maximum Gasteiger partial charge on any atom is 0.305 e. The average molecular weight is 320 g/mol. The Hall–Kier alpha value is -1.82. The first kappa shape index (κ1) is 16.5. The largest absolute Gasteiger partial charge is 0.367 e. The number of azide groups is 1. The molecule has 6 nitrogen and oxygen atoms in total. The highest BCUT2D eigenvalue weighted by atomic mass is 32.1. The van der Waals surface area contributed by atoms with E-state index in [2.05, 4.69) is 15.0 Å². The number of hydrogen-bond acceptors (Lipinski definition) is 4. The molecule has 1 aromatic heterocycles. The summed E-state index contributed by atoms with van der Waals surface area (Å²) < 4.78 is 7.02. The molecule has 1 N–H and O–H groups in total. The van der Waals surface area contributed by atoms with Crippen LogP contribution in [0, 0.1) is 0 Å². The summed E-state index contributed by atoms with van der Waals surface area (Å²) in [5.74, 6) is 0. The zero-order valence-corrected chi connectivity index (χ0v) is 14.2. The number of benzene rings is 1. The van der Waals surface area contributed by atoms with Crippen LogP contribution in [-0.2, 0) is 4.74 Å². The van der Waals surface area contributed by atoms with Gasteiger partial charge in [-0.15, -0.1) is 0 Å². The highest BCUT2D eigenvalue weighted by molar-refractivity contribution is 7.16. The fourth-order valence-electron chi connectivity index (χ4n) is 2.31. The van der Waals surface area contributed by atoms with E-state index in [-0.39, 0.29) is 4.87 Å². The van der Waals surface area contributed by atoms with Gasteiger partial charge in [-0.25, -0.2) is 0 Å². The molecule has 118 valence electrons. The topological polar surface area (TPSA) is 90.9 Å². The van der Waals surface area contributed by atoms with Crippen LogP contribution >= 0.6 is 11.3 Å². The van der Waals surface area contributed by atoms with Crippen LogP contribution in [0.5, 0.6) is 0 Å². The first-order valence-electron chi connectivity index (χ1n) is 7.00. The molecular formula is C15H20N4O2S. The van der Waals surface area contributed by atoms with E-state index in [1.54, 1.807) is 0 Å². The molecule has 2 rings (SSSR count). The van der Waals surface area contributed by atoms with Crippen molar-refractivity contribution in [3.05, 3.63) is 43.9 Å². The fraction of sp³-hybridized carbons (Fsp3) is 0.533. The Balaban J connectivity index is 2.66. The number of thiazole rings is 1. The third-order valence-electron chi connectivity index (χ3n) is 3.17. The third kappa shape index (κ3) is 3.50. The Morgan fingerprint density at radius 1 is 1.32 bits per heavy atom. The lowest BCUT2D eigenvalue weighted by molar-refractivity contribution is -0.0879. The number of nitrogens with zero attached hydrogens (tertiary/aromatic N) is 3. The van der Waals surface area contributed by atoms with Gasteiger partial charge in [0.15, 0.2) is 0 Å². The van der Waals surface area contributed by atoms with Crippen molar-refractivity contribution < 1.29 is 4.74 Å². The van der Waals surface area contributed by atoms with Gasteiger partial charge in [-0.3, -0.25) is 4.79 Å². The van der Waals surface area contributed by atoms with E-state index in [0.717, 1.165) is 27.1 Å². The summed E-state index contributed by atoms with van der Waals surface area (Å²) in [6, 6.07) is 5.63. The van der Waals surface area contributed by atoms with Gasteiger partial charge in [-0.05, 0) is 32.4 Å². The van der Waals surface area contributed by atoms with Gasteiger partial charge in [-0.1, -0.05) is 42.4 Å². The molecule has 0 radical (unpaired) electrons. The lowest BCUT2D eigenvalue weighted by Gasteiger charge is -2.36. The summed E-state index contributed by atoms with van der Waals surface area (Å²) in [5, 5.41) is 3.90. The predicted molar refractivity (Wildman–Crippen MR) is 89.2 cm³/mol. The number of aromatic nitrogens is 1. The highest BCUT2D eigenvalue weighted by Crippen LogP contribution is 2.39. The van der Waals surface area contributed by atoms with Gasteiger partial charge in [0.1, 0.15) is 0 Å². The van der Waals surface area contributed by atoms with Gasteiger partial charge in [-0.2, -0.15) is 0 Å². The first-order chi connectivity index (χ1) is 10.1. The molecule has 0 aliphatic heterocycles. The van der Waals surface area contributed by atoms with Crippen molar-refractivity contribution >= 4 is 21.6 Å². The molecule has 0 unspecified atom stereocenters. The molecule has 0 fully saturated rings. The number of nitrogens with one attached hydrogen (secondary N) is 1. The average Bonchev–Trinajstić information content (AvgIpc) is 2.74. The van der Waals surface area contributed by atoms with E-state index >= 15 is 0 Å². The monoisotopic (exact) mass is 320 g/mol. The van der Waals surface area contributed by atoms with Crippen LogP contribution in [0.2, 0.25) is 0 Å². The number of rotatable bonds is 4. The minimum atomic E-state index is -0.788. The molecule has 0 aliphatic carbocycles. The molecule has 1 aromatic carbocycles. The Labute approximate surface area is 132 Å². The van der Waals surface area contributed by atoms with E-state index in [1.807, 2.05) is 52.8 Å². The van der Waals surface area contributed by atoms with Crippen molar-refractivity contribution in [3.8, 4) is 0 Å². The number of fused-ring (bicyclic) bond motifs is 1. The summed E-state index contributed by atoms with van der Waals surface area (Å²) in [6.07, 6.45) is -0.460. The Morgan fingerprint density at radius 2 is 2.00 bits per heavy atom. The molecule has 0 spiro atoms. The summed E-state index contributed by atoms with van der Waals surface area (Å²) in [4.78, 5) is 17.3. The minimum Gasteiger partial charge on any atom is -0.367 e. The van der Waals surface area contributed by atoms with Crippen LogP contribution in [0.1, 0.15) is 46.3 Å². The molecule has 2 aromatic rings. The van der Waals surface area contributed by atoms with E-state index in [0.29, 0.717) is 0 Å². The van der Waals surface area contributed by atoms with Gasteiger partial charge < -0.3 is 9.72 Å². The maximum atomic E-state index is 11.7. The second-order valence-corrected chi connectivity index (χ2v) is 7.67. The summed E-state index contributed by atoms with van der Waals surface area (Å²) in [5.41, 5.74) is 9.28. The van der Waals surface area contributed by atoms with Crippen molar-refractivity contribution in [2.75, 3.05) is 0 Å². The van der Waals surface area contributed by atoms with Crippen molar-refractivity contribution in [1.82, 2.24) is 4.98 Å². The Morgan fingerprint density at radius 3 is 2.59 bits per heavy atom. The Kier molecular flexibility index (Phi) is 4.33. The van der Waals surface area contributed by atoms with Gasteiger partial charge in [0.25, 0.3) is 0 Å². The van der Waals surface area contributed by atoms with Crippen LogP contribution in [0.25, 0.3) is 20.7 Å². The zero-order chi connectivity index (χ0) is 16.5. The molecule has 0 amide bonds. The fourth-order valence-corrected chi connectivity index (χ4v) is 3.18. The van der Waals surface area contributed by atoms with E-state index < -0.39 is 17.2 Å². The molecule has 7 heteroatoms. The molecule has 0 saturated carbocycles. The van der Waals surface area contributed by atoms with Crippen LogP contribution < -0.4 is 4.87 Å². The van der Waals surface area contributed by atoms with Crippen LogP contribution in [0.15, 0.2) is 28.1 Å². The Bertz CT molecular complexity index is 779. The standard InChI is InChI=1S/C15H20N4O2S/c1-14(2,3)21-12(15(4,5)18-19-16)9-7-6-8-10-11(9)22-13(20)17-10/h6-8,12H,1-5H3,(H,17,20)/t12-/m1/s1. The van der Waals surface area contributed by atoms with Gasteiger partial charge in [0.05, 0.1) is 27.5 Å². The lowest BCUT2D eigenvalue weighted by Crippen LogP contribution is -2.35. The number of hydrogen-bond donors (Lipinski definition) is 1. The van der Waals surface area contributed by atoms with Crippen molar-refractivity contribution in [1.29, 1.82) is 0 Å². The van der Waals surface area contributed by atoms with Gasteiger partial charge in [0.2, 0.25) is 0 Å².